The zero-order valence-corrected chi connectivity index (χ0v) is 19.6. The van der Waals surface area contributed by atoms with Crippen LogP contribution in [0.2, 0.25) is 0 Å². The van der Waals surface area contributed by atoms with Crippen LogP contribution in [0.4, 0.5) is 19.0 Å². The summed E-state index contributed by atoms with van der Waals surface area (Å²) in [5.74, 6) is 0.454. The van der Waals surface area contributed by atoms with Crippen molar-refractivity contribution < 1.29 is 34.2 Å². The van der Waals surface area contributed by atoms with Gasteiger partial charge in [-0.15, -0.1) is 18.2 Å². The molecule has 0 spiro atoms. The summed E-state index contributed by atoms with van der Waals surface area (Å²) in [5, 5.41) is 3.54. The zero-order chi connectivity index (χ0) is 22.9. The van der Waals surface area contributed by atoms with Crippen molar-refractivity contribution in [3.8, 4) is 17.2 Å². The van der Waals surface area contributed by atoms with Gasteiger partial charge in [-0.25, -0.2) is 0 Å². The van der Waals surface area contributed by atoms with Gasteiger partial charge in [0.25, 0.3) is 0 Å². The van der Waals surface area contributed by atoms with Crippen molar-refractivity contribution in [2.75, 3.05) is 0 Å². The Morgan fingerprint density at radius 2 is 1.64 bits per heavy atom. The van der Waals surface area contributed by atoms with Crippen LogP contribution in [-0.2, 0) is 32.7 Å². The van der Waals surface area contributed by atoms with E-state index < -0.39 is 17.3 Å². The Hall–Kier alpha value is -3.37. The first kappa shape index (κ1) is 24.3. The van der Waals surface area contributed by atoms with Crippen molar-refractivity contribution in [3.05, 3.63) is 95.4 Å². The van der Waals surface area contributed by atoms with Gasteiger partial charge in [0.05, 0.1) is 17.2 Å². The van der Waals surface area contributed by atoms with Gasteiger partial charge in [0, 0.05) is 22.5 Å². The van der Waals surface area contributed by atoms with Gasteiger partial charge >= 0.3 is 27.2 Å². The minimum atomic E-state index is -4.56. The van der Waals surface area contributed by atoms with Crippen LogP contribution in [0, 0.1) is 18.8 Å². The van der Waals surface area contributed by atoms with Crippen LogP contribution in [0.25, 0.3) is 22.1 Å². The molecule has 0 unspecified atom stereocenters. The van der Waals surface area contributed by atoms with E-state index in [0.29, 0.717) is 22.8 Å². The predicted molar refractivity (Wildman–Crippen MR) is 110 cm³/mol. The van der Waals surface area contributed by atoms with Crippen LogP contribution in [0.5, 0.6) is 0 Å². The number of nitrogens with zero attached hydrogens (tertiary/aromatic N) is 6. The van der Waals surface area contributed by atoms with Crippen LogP contribution in [0.15, 0.2) is 54.6 Å². The minimum Gasteiger partial charge on any atom is -0.373 e. The van der Waals surface area contributed by atoms with Gasteiger partial charge < -0.3 is 14.5 Å². The van der Waals surface area contributed by atoms with Crippen LogP contribution in [-0.4, -0.2) is 24.7 Å². The smallest absolute Gasteiger partial charge is 0.373 e. The fraction of sp³-hybridized carbons (Fsp3) is 0.174. The van der Waals surface area contributed by atoms with E-state index in [1.807, 2.05) is 26.0 Å². The summed E-state index contributed by atoms with van der Waals surface area (Å²) in [6.45, 7) is 10.9. The first-order valence-electron chi connectivity index (χ1n) is 9.45. The van der Waals surface area contributed by atoms with Gasteiger partial charge in [-0.05, 0) is 26.0 Å². The van der Waals surface area contributed by atoms with Crippen molar-refractivity contribution in [1.82, 2.24) is 24.7 Å². The number of alkyl halides is 3. The molecule has 0 bridgehead atoms. The first-order chi connectivity index (χ1) is 15.2. The summed E-state index contributed by atoms with van der Waals surface area (Å²) >= 11 is 0. The van der Waals surface area contributed by atoms with Gasteiger partial charge in [0.1, 0.15) is 0 Å². The van der Waals surface area contributed by atoms with E-state index >= 15 is 0 Å². The molecule has 0 radical (unpaired) electrons. The summed E-state index contributed by atoms with van der Waals surface area (Å²) in [6.07, 6.45) is -2.10. The molecule has 0 saturated carbocycles. The molecule has 0 atom stereocenters. The molecule has 4 rings (SSSR count). The fourth-order valence-electron chi connectivity index (χ4n) is 3.05. The number of hydrogen-bond acceptors (Lipinski definition) is 4. The molecule has 0 aromatic carbocycles. The number of halogens is 3. The molecule has 33 heavy (non-hydrogen) atoms. The SMILES string of the molecule is [C-]#[N+]c1cc[c-]c(-c2cccc(C(C)(C)c3cccc(-n4[c-]cc(C(F)(F)F)n4)n3)n2)n1.[Pt+2]. The van der Waals surface area contributed by atoms with Crippen LogP contribution in [0.3, 0.4) is 0 Å². The molecule has 6 nitrogen and oxygen atoms in total. The molecule has 10 heteroatoms. The van der Waals surface area contributed by atoms with Crippen LogP contribution >= 0.6 is 0 Å². The minimum absolute atomic E-state index is 0. The number of aromatic nitrogens is 5. The van der Waals surface area contributed by atoms with E-state index in [9.17, 15) is 13.2 Å². The van der Waals surface area contributed by atoms with Crippen LogP contribution < -0.4 is 0 Å². The molecular weight excluding hydrogens is 612 g/mol. The molecule has 4 aromatic heterocycles. The first-order valence-corrected chi connectivity index (χ1v) is 9.45. The Balaban J connectivity index is 0.00000306. The topological polar surface area (TPSA) is 60.9 Å². The summed E-state index contributed by atoms with van der Waals surface area (Å²) in [6, 6.07) is 17.4. The van der Waals surface area contributed by atoms with Gasteiger partial charge in [0.2, 0.25) is 5.82 Å². The maximum atomic E-state index is 12.9. The monoisotopic (exact) mass is 627 g/mol. The van der Waals surface area contributed by atoms with Crippen molar-refractivity contribution in [1.29, 1.82) is 0 Å². The largest absolute Gasteiger partial charge is 2.00 e. The second-order valence-corrected chi connectivity index (χ2v) is 7.39. The number of rotatable bonds is 4. The van der Waals surface area contributed by atoms with E-state index in [0.717, 1.165) is 10.7 Å². The maximum Gasteiger partial charge on any atom is 2.00 e. The summed E-state index contributed by atoms with van der Waals surface area (Å²) in [4.78, 5) is 16.8. The Labute approximate surface area is 202 Å². The van der Waals surface area contributed by atoms with Gasteiger partial charge in [-0.1, -0.05) is 37.0 Å². The second-order valence-electron chi connectivity index (χ2n) is 7.39. The molecule has 4 aromatic rings. The molecule has 0 aliphatic rings. The van der Waals surface area contributed by atoms with Crippen molar-refractivity contribution in [2.24, 2.45) is 0 Å². The molecule has 168 valence electrons. The van der Waals surface area contributed by atoms with Gasteiger partial charge in [-0.3, -0.25) is 10.1 Å². The standard InChI is InChI=1S/C23H15F3N6.Pt/c1-22(2,17-9-4-7-15(28-17)16-8-5-11-20(27-3)29-16)18-10-6-12-21(30-18)32-14-13-19(31-32)23(24,25)26;/h4-7,9-13H,1-2H3;/q-2;+2. The normalized spacial score (nSPS) is 11.5. The Morgan fingerprint density at radius 1 is 0.939 bits per heavy atom. The van der Waals surface area contributed by atoms with E-state index in [-0.39, 0.29) is 32.7 Å². The molecule has 0 fully saturated rings. The third kappa shape index (κ3) is 5.01. The third-order valence-corrected chi connectivity index (χ3v) is 4.84. The second kappa shape index (κ2) is 9.24. The quantitative estimate of drug-likeness (QED) is 0.292. The molecular formula is C23H15F3N6Pt. The molecule has 0 aliphatic carbocycles. The molecule has 0 N–H and O–H groups in total. The predicted octanol–water partition coefficient (Wildman–Crippen LogP) is 5.22. The molecule has 0 aliphatic heterocycles. The van der Waals surface area contributed by atoms with E-state index in [1.165, 1.54) is 0 Å². The fourth-order valence-corrected chi connectivity index (χ4v) is 3.05. The van der Waals surface area contributed by atoms with E-state index in [2.05, 4.69) is 37.2 Å². The maximum absolute atomic E-state index is 12.9. The number of pyridine rings is 3. The summed E-state index contributed by atoms with van der Waals surface area (Å²) in [5.41, 5.74) is 0.524. The van der Waals surface area contributed by atoms with E-state index in [1.54, 1.807) is 36.4 Å². The third-order valence-electron chi connectivity index (χ3n) is 4.84. The average Bonchev–Trinajstić information content (AvgIpc) is 3.30. The molecule has 0 amide bonds. The van der Waals surface area contributed by atoms with Crippen molar-refractivity contribution >= 4 is 5.82 Å². The zero-order valence-electron chi connectivity index (χ0n) is 17.3. The Morgan fingerprint density at radius 3 is 2.30 bits per heavy atom. The molecule has 0 saturated heterocycles. The number of hydrogen-bond donors (Lipinski definition) is 0. The summed E-state index contributed by atoms with van der Waals surface area (Å²) in [7, 11) is 0. The van der Waals surface area contributed by atoms with Crippen molar-refractivity contribution in [2.45, 2.75) is 25.4 Å². The van der Waals surface area contributed by atoms with Gasteiger partial charge in [0.15, 0.2) is 0 Å². The van der Waals surface area contributed by atoms with Gasteiger partial charge in [-0.2, -0.15) is 24.2 Å². The van der Waals surface area contributed by atoms with E-state index in [4.69, 9.17) is 6.57 Å². The average molecular weight is 627 g/mol. The summed E-state index contributed by atoms with van der Waals surface area (Å²) < 4.78 is 39.6. The van der Waals surface area contributed by atoms with Crippen LogP contribution in [0.1, 0.15) is 30.9 Å². The molecule has 4 heterocycles. The Bertz CT molecular complexity index is 1320. The van der Waals surface area contributed by atoms with Crippen molar-refractivity contribution in [3.63, 3.8) is 0 Å². The Kier molecular flexibility index (Phi) is 6.80.